The second-order valence-electron chi connectivity index (χ2n) is 3.09. The Kier molecular flexibility index (Phi) is 5.10. The summed E-state index contributed by atoms with van der Waals surface area (Å²) in [5.41, 5.74) is 1.37. The van der Waals surface area contributed by atoms with Crippen LogP contribution in [0.15, 0.2) is 22.7 Å². The van der Waals surface area contributed by atoms with Crippen LogP contribution in [0.2, 0.25) is 5.02 Å². The lowest BCUT2D eigenvalue weighted by molar-refractivity contribution is 0.623. The Bertz CT molecular complexity index is 388. The fraction of sp³-hybridized carbons (Fsp3) is 0.273. The first-order valence-electron chi connectivity index (χ1n) is 4.44. The number of hydrogen-bond acceptors (Lipinski definition) is 0. The van der Waals surface area contributed by atoms with E-state index in [1.165, 1.54) is 0 Å². The fourth-order valence-electron chi connectivity index (χ4n) is 1.21. The van der Waals surface area contributed by atoms with Gasteiger partial charge in [0.2, 0.25) is 0 Å². The van der Waals surface area contributed by atoms with Crippen LogP contribution in [0, 0.1) is 5.82 Å². The minimum absolute atomic E-state index is 0.117. The SMILES string of the molecule is C/C(=C/CCCl)c1ccc(Br)c(Cl)c1F. The van der Waals surface area contributed by atoms with Crippen LogP contribution >= 0.6 is 39.1 Å². The van der Waals surface area contributed by atoms with Crippen LogP contribution in [0.1, 0.15) is 18.9 Å². The summed E-state index contributed by atoms with van der Waals surface area (Å²) in [5, 5.41) is 0.117. The monoisotopic (exact) mass is 310 g/mol. The molecule has 4 heteroatoms. The second kappa shape index (κ2) is 5.88. The minimum atomic E-state index is -0.394. The summed E-state index contributed by atoms with van der Waals surface area (Å²) < 4.78 is 14.3. The fourth-order valence-corrected chi connectivity index (χ4v) is 1.79. The van der Waals surface area contributed by atoms with Crippen molar-refractivity contribution in [1.29, 1.82) is 0 Å². The summed E-state index contributed by atoms with van der Waals surface area (Å²) in [5.74, 6) is 0.137. The number of halogens is 4. The van der Waals surface area contributed by atoms with Gasteiger partial charge in [-0.3, -0.25) is 0 Å². The van der Waals surface area contributed by atoms with Gasteiger partial charge in [-0.25, -0.2) is 4.39 Å². The van der Waals surface area contributed by atoms with E-state index in [1.807, 2.05) is 13.0 Å². The first-order chi connectivity index (χ1) is 7.07. The molecule has 0 spiro atoms. The number of rotatable bonds is 3. The molecule has 0 unspecified atom stereocenters. The zero-order valence-corrected chi connectivity index (χ0v) is 11.3. The Hall–Kier alpha value is -0.0500. The van der Waals surface area contributed by atoms with Gasteiger partial charge in [-0.2, -0.15) is 0 Å². The van der Waals surface area contributed by atoms with Gasteiger partial charge in [0.05, 0.1) is 5.02 Å². The molecule has 0 aliphatic carbocycles. The van der Waals surface area contributed by atoms with Gasteiger partial charge in [0.15, 0.2) is 0 Å². The van der Waals surface area contributed by atoms with E-state index >= 15 is 0 Å². The average molecular weight is 312 g/mol. The lowest BCUT2D eigenvalue weighted by Gasteiger charge is -2.06. The van der Waals surface area contributed by atoms with Crippen LogP contribution in [0.25, 0.3) is 5.57 Å². The molecule has 0 N–H and O–H groups in total. The molecule has 0 nitrogen and oxygen atoms in total. The standard InChI is InChI=1S/C11H10BrCl2F/c1-7(3-2-6-13)8-4-5-9(12)10(14)11(8)15/h3-5H,2,6H2,1H3/b7-3-. The first-order valence-corrected chi connectivity index (χ1v) is 6.15. The maximum Gasteiger partial charge on any atom is 0.150 e. The first kappa shape index (κ1) is 13.0. The molecule has 0 saturated heterocycles. The van der Waals surface area contributed by atoms with Crippen LogP contribution in [-0.2, 0) is 0 Å². The van der Waals surface area contributed by atoms with Crippen molar-refractivity contribution in [1.82, 2.24) is 0 Å². The Morgan fingerprint density at radius 3 is 2.80 bits per heavy atom. The molecule has 0 amide bonds. The van der Waals surface area contributed by atoms with Gasteiger partial charge in [0, 0.05) is 15.9 Å². The molecule has 15 heavy (non-hydrogen) atoms. The third-order valence-corrected chi connectivity index (χ3v) is 3.50. The number of hydrogen-bond donors (Lipinski definition) is 0. The third-order valence-electron chi connectivity index (χ3n) is 2.02. The zero-order valence-electron chi connectivity index (χ0n) is 8.16. The lowest BCUT2D eigenvalue weighted by Crippen LogP contribution is -1.89. The Labute approximate surface area is 107 Å². The maximum atomic E-state index is 13.7. The Morgan fingerprint density at radius 2 is 2.20 bits per heavy atom. The van der Waals surface area contributed by atoms with Crippen LogP contribution in [-0.4, -0.2) is 5.88 Å². The molecular formula is C11H10BrCl2F. The van der Waals surface area contributed by atoms with Crippen molar-refractivity contribution in [3.63, 3.8) is 0 Å². The van der Waals surface area contributed by atoms with Gasteiger partial charge >= 0.3 is 0 Å². The Balaban J connectivity index is 3.10. The van der Waals surface area contributed by atoms with Crippen molar-refractivity contribution >= 4 is 44.7 Å². The summed E-state index contributed by atoms with van der Waals surface area (Å²) >= 11 is 14.5. The molecule has 0 saturated carbocycles. The normalized spacial score (nSPS) is 11.9. The second-order valence-corrected chi connectivity index (χ2v) is 4.70. The summed E-state index contributed by atoms with van der Waals surface area (Å²) in [6, 6.07) is 3.43. The van der Waals surface area contributed by atoms with Crippen molar-refractivity contribution in [2.24, 2.45) is 0 Å². The highest BCUT2D eigenvalue weighted by Gasteiger charge is 2.10. The van der Waals surface area contributed by atoms with E-state index in [0.29, 0.717) is 15.9 Å². The quantitative estimate of drug-likeness (QED) is 0.526. The van der Waals surface area contributed by atoms with Gasteiger partial charge in [0.25, 0.3) is 0 Å². The molecule has 0 bridgehead atoms. The van der Waals surface area contributed by atoms with Crippen molar-refractivity contribution < 1.29 is 4.39 Å². The molecule has 0 atom stereocenters. The lowest BCUT2D eigenvalue weighted by atomic mass is 10.1. The predicted octanol–water partition coefficient (Wildman–Crippen LogP) is 5.27. The van der Waals surface area contributed by atoms with Crippen LogP contribution < -0.4 is 0 Å². The minimum Gasteiger partial charge on any atom is -0.205 e. The number of alkyl halides is 1. The van der Waals surface area contributed by atoms with Crippen molar-refractivity contribution in [2.45, 2.75) is 13.3 Å². The van der Waals surface area contributed by atoms with Crippen molar-refractivity contribution in [3.05, 3.63) is 39.1 Å². The van der Waals surface area contributed by atoms with Crippen LogP contribution in [0.3, 0.4) is 0 Å². The highest BCUT2D eigenvalue weighted by Crippen LogP contribution is 2.30. The third kappa shape index (κ3) is 3.20. The number of allylic oxidation sites excluding steroid dienone is 2. The summed E-state index contributed by atoms with van der Waals surface area (Å²) in [7, 11) is 0. The van der Waals surface area contributed by atoms with Gasteiger partial charge < -0.3 is 0 Å². The van der Waals surface area contributed by atoms with Gasteiger partial charge in [0.1, 0.15) is 5.82 Å². The maximum absolute atomic E-state index is 13.7. The van der Waals surface area contributed by atoms with Gasteiger partial charge in [-0.15, -0.1) is 11.6 Å². The van der Waals surface area contributed by atoms with Crippen molar-refractivity contribution in [3.8, 4) is 0 Å². The van der Waals surface area contributed by atoms with Gasteiger partial charge in [-0.1, -0.05) is 23.7 Å². The molecule has 1 aromatic rings. The molecule has 82 valence electrons. The summed E-state index contributed by atoms with van der Waals surface area (Å²) in [6.07, 6.45) is 2.62. The molecule has 0 heterocycles. The van der Waals surface area contributed by atoms with E-state index in [-0.39, 0.29) is 5.02 Å². The topological polar surface area (TPSA) is 0 Å². The van der Waals surface area contributed by atoms with E-state index in [9.17, 15) is 4.39 Å². The molecule has 0 aliphatic rings. The average Bonchev–Trinajstić information content (AvgIpc) is 2.23. The van der Waals surface area contributed by atoms with Crippen molar-refractivity contribution in [2.75, 3.05) is 5.88 Å². The Morgan fingerprint density at radius 1 is 1.53 bits per heavy atom. The zero-order chi connectivity index (χ0) is 11.4. The van der Waals surface area contributed by atoms with Gasteiger partial charge in [-0.05, 0) is 40.9 Å². The number of benzene rings is 1. The summed E-state index contributed by atoms with van der Waals surface area (Å²) in [4.78, 5) is 0. The van der Waals surface area contributed by atoms with E-state index in [2.05, 4.69) is 15.9 Å². The van der Waals surface area contributed by atoms with E-state index in [0.717, 1.165) is 12.0 Å². The summed E-state index contributed by atoms with van der Waals surface area (Å²) in [6.45, 7) is 1.84. The molecule has 0 aromatic heterocycles. The van der Waals surface area contributed by atoms with Crippen LogP contribution in [0.5, 0.6) is 0 Å². The molecule has 1 aromatic carbocycles. The molecular weight excluding hydrogens is 302 g/mol. The smallest absolute Gasteiger partial charge is 0.150 e. The largest absolute Gasteiger partial charge is 0.205 e. The highest BCUT2D eigenvalue weighted by atomic mass is 79.9. The molecule has 0 fully saturated rings. The van der Waals surface area contributed by atoms with Crippen LogP contribution in [0.4, 0.5) is 4.39 Å². The molecule has 0 radical (unpaired) electrons. The van der Waals surface area contributed by atoms with E-state index in [4.69, 9.17) is 23.2 Å². The predicted molar refractivity (Wildman–Crippen MR) is 68.1 cm³/mol. The van der Waals surface area contributed by atoms with E-state index in [1.54, 1.807) is 12.1 Å². The highest BCUT2D eigenvalue weighted by molar-refractivity contribution is 9.10. The van der Waals surface area contributed by atoms with E-state index < -0.39 is 5.82 Å². The molecule has 0 aliphatic heterocycles. The molecule has 1 rings (SSSR count).